The van der Waals surface area contributed by atoms with Crippen molar-refractivity contribution < 1.29 is 4.74 Å². The van der Waals surface area contributed by atoms with Gasteiger partial charge in [0.2, 0.25) is 0 Å². The Hall–Kier alpha value is -0.300. The number of hydrogen-bond acceptors (Lipinski definition) is 1. The number of hydrogen-bond donors (Lipinski definition) is 0. The van der Waals surface area contributed by atoms with Gasteiger partial charge in [-0.2, -0.15) is 0 Å². The zero-order chi connectivity index (χ0) is 8.10. The summed E-state index contributed by atoms with van der Waals surface area (Å²) < 4.78 is 5.63. The van der Waals surface area contributed by atoms with E-state index in [-0.39, 0.29) is 0 Å². The Morgan fingerprint density at radius 1 is 1.45 bits per heavy atom. The van der Waals surface area contributed by atoms with E-state index in [0.29, 0.717) is 6.10 Å². The van der Waals surface area contributed by atoms with Crippen molar-refractivity contribution in [2.45, 2.75) is 38.7 Å². The SMILES string of the molecule is C=CCOC1CCCCC1C. The Bertz CT molecular complexity index is 120. The maximum absolute atomic E-state index is 5.63. The van der Waals surface area contributed by atoms with E-state index in [0.717, 1.165) is 12.5 Å². The predicted molar refractivity (Wildman–Crippen MR) is 47.6 cm³/mol. The second-order valence-corrected chi connectivity index (χ2v) is 3.42. The van der Waals surface area contributed by atoms with Gasteiger partial charge in [0, 0.05) is 0 Å². The van der Waals surface area contributed by atoms with Crippen molar-refractivity contribution in [2.75, 3.05) is 6.61 Å². The minimum absolute atomic E-state index is 0.502. The maximum atomic E-state index is 5.63. The van der Waals surface area contributed by atoms with Crippen LogP contribution in [0.1, 0.15) is 32.6 Å². The van der Waals surface area contributed by atoms with Crippen LogP contribution in [0.4, 0.5) is 0 Å². The molecular formula is C10H18O. The van der Waals surface area contributed by atoms with Crippen LogP contribution in [-0.2, 0) is 4.74 Å². The minimum Gasteiger partial charge on any atom is -0.374 e. The van der Waals surface area contributed by atoms with Crippen LogP contribution in [0.2, 0.25) is 0 Å². The summed E-state index contributed by atoms with van der Waals surface area (Å²) in [5, 5.41) is 0. The van der Waals surface area contributed by atoms with E-state index < -0.39 is 0 Å². The van der Waals surface area contributed by atoms with Crippen LogP contribution >= 0.6 is 0 Å². The molecule has 1 aliphatic rings. The average molecular weight is 154 g/mol. The molecule has 0 N–H and O–H groups in total. The zero-order valence-corrected chi connectivity index (χ0v) is 7.38. The van der Waals surface area contributed by atoms with Gasteiger partial charge in [-0.25, -0.2) is 0 Å². The van der Waals surface area contributed by atoms with Crippen LogP contribution < -0.4 is 0 Å². The predicted octanol–water partition coefficient (Wildman–Crippen LogP) is 2.77. The fourth-order valence-electron chi connectivity index (χ4n) is 1.72. The summed E-state index contributed by atoms with van der Waals surface area (Å²) in [6.45, 7) is 6.65. The highest BCUT2D eigenvalue weighted by molar-refractivity contribution is 4.74. The summed E-state index contributed by atoms with van der Waals surface area (Å²) in [7, 11) is 0. The molecule has 1 heteroatoms. The minimum atomic E-state index is 0.502. The topological polar surface area (TPSA) is 9.23 Å². The molecule has 1 fully saturated rings. The fraction of sp³-hybridized carbons (Fsp3) is 0.800. The van der Waals surface area contributed by atoms with Crippen LogP contribution in [-0.4, -0.2) is 12.7 Å². The van der Waals surface area contributed by atoms with Crippen LogP contribution in [0.3, 0.4) is 0 Å². The molecule has 0 aromatic rings. The lowest BCUT2D eigenvalue weighted by Crippen LogP contribution is -2.25. The lowest BCUT2D eigenvalue weighted by atomic mass is 9.88. The van der Waals surface area contributed by atoms with Crippen molar-refractivity contribution in [3.8, 4) is 0 Å². The molecule has 1 rings (SSSR count). The fourth-order valence-corrected chi connectivity index (χ4v) is 1.72. The van der Waals surface area contributed by atoms with Gasteiger partial charge >= 0.3 is 0 Å². The highest BCUT2D eigenvalue weighted by Crippen LogP contribution is 2.25. The zero-order valence-electron chi connectivity index (χ0n) is 7.38. The standard InChI is InChI=1S/C10H18O/c1-3-8-11-10-7-5-4-6-9(10)2/h3,9-10H,1,4-8H2,2H3. The molecule has 1 nitrogen and oxygen atoms in total. The van der Waals surface area contributed by atoms with E-state index in [1.54, 1.807) is 0 Å². The van der Waals surface area contributed by atoms with Crippen LogP contribution in [0, 0.1) is 5.92 Å². The van der Waals surface area contributed by atoms with E-state index in [1.807, 2.05) is 6.08 Å². The van der Waals surface area contributed by atoms with Gasteiger partial charge < -0.3 is 4.74 Å². The summed E-state index contributed by atoms with van der Waals surface area (Å²) >= 11 is 0. The van der Waals surface area contributed by atoms with Gasteiger partial charge in [-0.1, -0.05) is 25.8 Å². The Balaban J connectivity index is 2.23. The lowest BCUT2D eigenvalue weighted by molar-refractivity contribution is 0.0104. The molecule has 0 aromatic carbocycles. The second kappa shape index (κ2) is 4.55. The Morgan fingerprint density at radius 2 is 2.18 bits per heavy atom. The second-order valence-electron chi connectivity index (χ2n) is 3.42. The van der Waals surface area contributed by atoms with Gasteiger partial charge in [0.15, 0.2) is 0 Å². The number of rotatable bonds is 3. The smallest absolute Gasteiger partial charge is 0.0648 e. The normalized spacial score (nSPS) is 31.7. The third-order valence-corrected chi connectivity index (χ3v) is 2.46. The first-order valence-electron chi connectivity index (χ1n) is 4.57. The molecule has 0 saturated heterocycles. The Kier molecular flexibility index (Phi) is 3.64. The molecule has 0 aromatic heterocycles. The summed E-state index contributed by atoms with van der Waals surface area (Å²) in [5.41, 5.74) is 0. The molecule has 0 heterocycles. The first-order valence-corrected chi connectivity index (χ1v) is 4.57. The molecule has 0 aliphatic heterocycles. The van der Waals surface area contributed by atoms with E-state index >= 15 is 0 Å². The van der Waals surface area contributed by atoms with Gasteiger partial charge in [-0.3, -0.25) is 0 Å². The van der Waals surface area contributed by atoms with Gasteiger partial charge in [0.05, 0.1) is 12.7 Å². The molecule has 11 heavy (non-hydrogen) atoms. The molecule has 1 aliphatic carbocycles. The van der Waals surface area contributed by atoms with E-state index in [9.17, 15) is 0 Å². The Labute approximate surface area is 69.4 Å². The van der Waals surface area contributed by atoms with Crippen LogP contribution in [0.15, 0.2) is 12.7 Å². The molecule has 0 spiro atoms. The first kappa shape index (κ1) is 8.79. The molecule has 64 valence electrons. The van der Waals surface area contributed by atoms with Crippen molar-refractivity contribution in [1.82, 2.24) is 0 Å². The van der Waals surface area contributed by atoms with Gasteiger partial charge in [0.25, 0.3) is 0 Å². The van der Waals surface area contributed by atoms with Crippen LogP contribution in [0.25, 0.3) is 0 Å². The highest BCUT2D eigenvalue weighted by Gasteiger charge is 2.20. The molecule has 2 unspecified atom stereocenters. The largest absolute Gasteiger partial charge is 0.374 e. The first-order chi connectivity index (χ1) is 5.34. The molecule has 0 radical (unpaired) electrons. The third kappa shape index (κ3) is 2.66. The molecule has 0 amide bonds. The quantitative estimate of drug-likeness (QED) is 0.568. The highest BCUT2D eigenvalue weighted by atomic mass is 16.5. The lowest BCUT2D eigenvalue weighted by Gasteiger charge is -2.28. The average Bonchev–Trinajstić information content (AvgIpc) is 2.03. The van der Waals surface area contributed by atoms with E-state index in [1.165, 1.54) is 25.7 Å². The van der Waals surface area contributed by atoms with Crippen molar-refractivity contribution >= 4 is 0 Å². The van der Waals surface area contributed by atoms with E-state index in [4.69, 9.17) is 4.74 Å². The molecular weight excluding hydrogens is 136 g/mol. The van der Waals surface area contributed by atoms with Crippen molar-refractivity contribution in [3.63, 3.8) is 0 Å². The summed E-state index contributed by atoms with van der Waals surface area (Å²) in [5.74, 6) is 0.753. The van der Waals surface area contributed by atoms with Crippen molar-refractivity contribution in [2.24, 2.45) is 5.92 Å². The summed E-state index contributed by atoms with van der Waals surface area (Å²) in [6.07, 6.45) is 7.64. The maximum Gasteiger partial charge on any atom is 0.0648 e. The monoisotopic (exact) mass is 154 g/mol. The third-order valence-electron chi connectivity index (χ3n) is 2.46. The van der Waals surface area contributed by atoms with Gasteiger partial charge in [-0.05, 0) is 18.8 Å². The summed E-state index contributed by atoms with van der Waals surface area (Å²) in [4.78, 5) is 0. The van der Waals surface area contributed by atoms with Crippen molar-refractivity contribution in [3.05, 3.63) is 12.7 Å². The summed E-state index contributed by atoms with van der Waals surface area (Å²) in [6, 6.07) is 0. The number of ether oxygens (including phenoxy) is 1. The molecule has 2 atom stereocenters. The van der Waals surface area contributed by atoms with Crippen LogP contribution in [0.5, 0.6) is 0 Å². The van der Waals surface area contributed by atoms with E-state index in [2.05, 4.69) is 13.5 Å². The van der Waals surface area contributed by atoms with Gasteiger partial charge in [-0.15, -0.1) is 6.58 Å². The van der Waals surface area contributed by atoms with Crippen molar-refractivity contribution in [1.29, 1.82) is 0 Å². The molecule has 1 saturated carbocycles. The molecule has 0 bridgehead atoms. The van der Waals surface area contributed by atoms with Gasteiger partial charge in [0.1, 0.15) is 0 Å². The Morgan fingerprint density at radius 3 is 2.82 bits per heavy atom.